The second kappa shape index (κ2) is 8.92. The van der Waals surface area contributed by atoms with E-state index in [9.17, 15) is 4.79 Å². The summed E-state index contributed by atoms with van der Waals surface area (Å²) in [5.74, 6) is 0.819. The van der Waals surface area contributed by atoms with Crippen LogP contribution in [0.1, 0.15) is 46.2 Å². The van der Waals surface area contributed by atoms with E-state index in [1.165, 1.54) is 11.3 Å². The van der Waals surface area contributed by atoms with Crippen molar-refractivity contribution in [2.24, 2.45) is 0 Å². The molecule has 0 saturated carbocycles. The molecule has 0 spiro atoms. The van der Waals surface area contributed by atoms with E-state index >= 15 is 0 Å². The van der Waals surface area contributed by atoms with E-state index in [-0.39, 0.29) is 11.9 Å². The van der Waals surface area contributed by atoms with Crippen molar-refractivity contribution in [3.8, 4) is 0 Å². The highest BCUT2D eigenvalue weighted by atomic mass is 32.1. The van der Waals surface area contributed by atoms with Gasteiger partial charge in [-0.1, -0.05) is 6.07 Å². The summed E-state index contributed by atoms with van der Waals surface area (Å²) in [5, 5.41) is 5.64. The van der Waals surface area contributed by atoms with E-state index in [0.29, 0.717) is 17.4 Å². The number of thiazole rings is 1. The Morgan fingerprint density at radius 1 is 1.22 bits per heavy atom. The van der Waals surface area contributed by atoms with Crippen molar-refractivity contribution in [2.75, 3.05) is 16.8 Å². The molecule has 1 saturated heterocycles. The molecule has 0 aliphatic carbocycles. The third-order valence-corrected chi connectivity index (χ3v) is 6.47. The van der Waals surface area contributed by atoms with Gasteiger partial charge in [0.25, 0.3) is 5.91 Å². The molecule has 5 heterocycles. The highest BCUT2D eigenvalue weighted by Crippen LogP contribution is 2.36. The second-order valence-electron chi connectivity index (χ2n) is 7.95. The van der Waals surface area contributed by atoms with E-state index in [0.717, 1.165) is 42.0 Å². The Labute approximate surface area is 190 Å². The van der Waals surface area contributed by atoms with Crippen LogP contribution in [0.3, 0.4) is 0 Å². The van der Waals surface area contributed by atoms with Gasteiger partial charge in [0.05, 0.1) is 11.7 Å². The maximum absolute atomic E-state index is 12.9. The zero-order valence-electron chi connectivity index (χ0n) is 17.8. The molecule has 1 N–H and O–H groups in total. The van der Waals surface area contributed by atoms with Crippen LogP contribution in [0.25, 0.3) is 0 Å². The number of nitrogens with one attached hydrogen (secondary N) is 1. The number of hydrogen-bond acceptors (Lipinski definition) is 6. The molecule has 0 radical (unpaired) electrons. The second-order valence-corrected chi connectivity index (χ2v) is 8.81. The number of aryl methyl sites for hydroxylation is 1. The molecule has 8 heteroatoms. The lowest BCUT2D eigenvalue weighted by Gasteiger charge is -2.24. The van der Waals surface area contributed by atoms with E-state index in [1.807, 2.05) is 53.5 Å². The summed E-state index contributed by atoms with van der Waals surface area (Å²) in [5.41, 5.74) is 3.83. The number of anilines is 2. The van der Waals surface area contributed by atoms with Crippen LogP contribution in [0.4, 0.5) is 10.9 Å². The minimum absolute atomic E-state index is 0.159. The van der Waals surface area contributed by atoms with Gasteiger partial charge in [0.2, 0.25) is 0 Å². The quantitative estimate of drug-likeness (QED) is 0.467. The Morgan fingerprint density at radius 2 is 2.09 bits per heavy atom. The number of carbonyl (C=O) groups is 1. The Balaban J connectivity index is 1.29. The Bertz CT molecular complexity index is 1200. The topological polar surface area (TPSA) is 75.9 Å². The summed E-state index contributed by atoms with van der Waals surface area (Å²) >= 11 is 1.46. The van der Waals surface area contributed by atoms with Crippen LogP contribution in [0.2, 0.25) is 0 Å². The molecule has 32 heavy (non-hydrogen) atoms. The number of aromatic nitrogens is 4. The predicted octanol–water partition coefficient (Wildman–Crippen LogP) is 4.69. The summed E-state index contributed by atoms with van der Waals surface area (Å²) in [6, 6.07) is 11.9. The summed E-state index contributed by atoms with van der Waals surface area (Å²) in [7, 11) is 0. The third kappa shape index (κ3) is 4.27. The number of hydrogen-bond donors (Lipinski definition) is 1. The molecular weight excluding hydrogens is 420 g/mol. The van der Waals surface area contributed by atoms with Gasteiger partial charge in [0.1, 0.15) is 11.5 Å². The zero-order chi connectivity index (χ0) is 21.9. The molecule has 1 fully saturated rings. The molecular formula is C24H24N6OS. The third-order valence-electron chi connectivity index (χ3n) is 5.69. The maximum atomic E-state index is 12.9. The first kappa shape index (κ1) is 20.4. The summed E-state index contributed by atoms with van der Waals surface area (Å²) < 4.78 is 1.93. The lowest BCUT2D eigenvalue weighted by Crippen LogP contribution is -2.23. The zero-order valence-corrected chi connectivity index (χ0v) is 18.6. The standard InChI is InChI=1S/C24H24N6OS/c1-17-6-7-22(26-14-17)30-13-3-4-20(30)19-16-32-24(27-19)28-23(31)21-5-2-12-29(21)15-18-8-10-25-11-9-18/h2,5-12,14,16,20H,3-4,13,15H2,1H3,(H,27,28,31). The van der Waals surface area contributed by atoms with E-state index in [1.54, 1.807) is 12.4 Å². The molecule has 0 aromatic carbocycles. The maximum Gasteiger partial charge on any atom is 0.274 e. The SMILES string of the molecule is Cc1ccc(N2CCCC2c2csc(NC(=O)c3cccn3Cc3ccncc3)n2)nc1. The summed E-state index contributed by atoms with van der Waals surface area (Å²) in [4.78, 5) is 28.6. The smallest absolute Gasteiger partial charge is 0.274 e. The van der Waals surface area contributed by atoms with Gasteiger partial charge < -0.3 is 9.47 Å². The monoisotopic (exact) mass is 444 g/mol. The van der Waals surface area contributed by atoms with Gasteiger partial charge in [-0.2, -0.15) is 0 Å². The first-order valence-electron chi connectivity index (χ1n) is 10.7. The molecule has 0 bridgehead atoms. The number of rotatable bonds is 6. The van der Waals surface area contributed by atoms with Gasteiger partial charge in [-0.25, -0.2) is 9.97 Å². The van der Waals surface area contributed by atoms with Gasteiger partial charge in [0, 0.05) is 43.3 Å². The fourth-order valence-electron chi connectivity index (χ4n) is 4.08. The fourth-order valence-corrected chi connectivity index (χ4v) is 4.83. The lowest BCUT2D eigenvalue weighted by atomic mass is 10.1. The average Bonchev–Trinajstić information content (AvgIpc) is 3.55. The van der Waals surface area contributed by atoms with E-state index in [4.69, 9.17) is 4.98 Å². The summed E-state index contributed by atoms with van der Waals surface area (Å²) in [6.07, 6.45) is 9.46. The number of carbonyl (C=O) groups excluding carboxylic acids is 1. The molecule has 4 aromatic heterocycles. The van der Waals surface area contributed by atoms with Crippen molar-refractivity contribution < 1.29 is 4.79 Å². The molecule has 1 aliphatic heterocycles. The molecule has 162 valence electrons. The minimum atomic E-state index is -0.159. The fraction of sp³-hybridized carbons (Fsp3) is 0.250. The van der Waals surface area contributed by atoms with E-state index < -0.39 is 0 Å². The molecule has 1 atom stereocenters. The van der Waals surface area contributed by atoms with Crippen molar-refractivity contribution in [1.82, 2.24) is 19.5 Å². The highest BCUT2D eigenvalue weighted by Gasteiger charge is 2.29. The first-order valence-corrected chi connectivity index (χ1v) is 11.6. The highest BCUT2D eigenvalue weighted by molar-refractivity contribution is 7.14. The number of nitrogens with zero attached hydrogens (tertiary/aromatic N) is 5. The predicted molar refractivity (Wildman–Crippen MR) is 126 cm³/mol. The van der Waals surface area contributed by atoms with Crippen molar-refractivity contribution >= 4 is 28.2 Å². The Hall–Kier alpha value is -3.52. The number of pyridine rings is 2. The van der Waals surface area contributed by atoms with Crippen LogP contribution < -0.4 is 10.2 Å². The largest absolute Gasteiger partial charge is 0.348 e. The van der Waals surface area contributed by atoms with Gasteiger partial charge in [-0.3, -0.25) is 15.1 Å². The Kier molecular flexibility index (Phi) is 5.68. The van der Waals surface area contributed by atoms with Crippen LogP contribution in [0, 0.1) is 6.92 Å². The normalized spacial score (nSPS) is 15.8. The molecule has 4 aromatic rings. The first-order chi connectivity index (χ1) is 15.7. The molecule has 7 nitrogen and oxygen atoms in total. The van der Waals surface area contributed by atoms with Crippen LogP contribution >= 0.6 is 11.3 Å². The van der Waals surface area contributed by atoms with Gasteiger partial charge in [-0.15, -0.1) is 11.3 Å². The van der Waals surface area contributed by atoms with Gasteiger partial charge in [-0.05, 0) is 61.2 Å². The number of amides is 1. The van der Waals surface area contributed by atoms with Gasteiger partial charge >= 0.3 is 0 Å². The van der Waals surface area contributed by atoms with Crippen LogP contribution in [-0.2, 0) is 6.54 Å². The van der Waals surface area contributed by atoms with Gasteiger partial charge in [0.15, 0.2) is 5.13 Å². The van der Waals surface area contributed by atoms with Crippen molar-refractivity contribution in [1.29, 1.82) is 0 Å². The van der Waals surface area contributed by atoms with Crippen molar-refractivity contribution in [2.45, 2.75) is 32.4 Å². The molecule has 1 unspecified atom stereocenters. The molecule has 5 rings (SSSR count). The lowest BCUT2D eigenvalue weighted by molar-refractivity contribution is 0.101. The van der Waals surface area contributed by atoms with Crippen molar-refractivity contribution in [3.63, 3.8) is 0 Å². The van der Waals surface area contributed by atoms with Crippen molar-refractivity contribution in [3.05, 3.63) is 89.1 Å². The van der Waals surface area contributed by atoms with E-state index in [2.05, 4.69) is 32.3 Å². The van der Waals surface area contributed by atoms with Crippen LogP contribution in [-0.4, -0.2) is 32.0 Å². The molecule has 1 amide bonds. The van der Waals surface area contributed by atoms with Crippen LogP contribution in [0.15, 0.2) is 66.6 Å². The average molecular weight is 445 g/mol. The molecule has 1 aliphatic rings. The minimum Gasteiger partial charge on any atom is -0.348 e. The van der Waals surface area contributed by atoms with Crippen LogP contribution in [0.5, 0.6) is 0 Å². The summed E-state index contributed by atoms with van der Waals surface area (Å²) in [6.45, 7) is 3.62. The Morgan fingerprint density at radius 3 is 2.91 bits per heavy atom.